The van der Waals surface area contributed by atoms with Gasteiger partial charge in [0.2, 0.25) is 11.8 Å². The SMILES string of the molecule is NC(=O)CCCNC(=O)CC[C@H](N)C(=O)O. The van der Waals surface area contributed by atoms with E-state index < -0.39 is 17.9 Å². The van der Waals surface area contributed by atoms with Crippen molar-refractivity contribution in [1.29, 1.82) is 0 Å². The topological polar surface area (TPSA) is 136 Å². The van der Waals surface area contributed by atoms with Crippen molar-refractivity contribution in [2.24, 2.45) is 11.5 Å². The molecule has 2 amide bonds. The van der Waals surface area contributed by atoms with Crippen LogP contribution in [-0.2, 0) is 14.4 Å². The van der Waals surface area contributed by atoms with Crippen LogP contribution in [0.15, 0.2) is 0 Å². The van der Waals surface area contributed by atoms with Crippen LogP contribution in [0.2, 0.25) is 0 Å². The number of hydrogen-bond acceptors (Lipinski definition) is 4. The Morgan fingerprint density at radius 3 is 2.38 bits per heavy atom. The molecule has 7 heteroatoms. The van der Waals surface area contributed by atoms with E-state index in [2.05, 4.69) is 5.32 Å². The van der Waals surface area contributed by atoms with Gasteiger partial charge in [-0.1, -0.05) is 0 Å². The Hall–Kier alpha value is -1.63. The van der Waals surface area contributed by atoms with Crippen LogP contribution in [0.1, 0.15) is 25.7 Å². The quantitative estimate of drug-likeness (QED) is 0.379. The van der Waals surface area contributed by atoms with Crippen molar-refractivity contribution in [3.8, 4) is 0 Å². The molecule has 0 heterocycles. The van der Waals surface area contributed by atoms with Crippen LogP contribution in [0.5, 0.6) is 0 Å². The first kappa shape index (κ1) is 14.4. The number of nitrogens with one attached hydrogen (secondary N) is 1. The first-order valence-electron chi connectivity index (χ1n) is 4.97. The molecule has 16 heavy (non-hydrogen) atoms. The van der Waals surface area contributed by atoms with Crippen LogP contribution >= 0.6 is 0 Å². The van der Waals surface area contributed by atoms with E-state index in [-0.39, 0.29) is 25.2 Å². The van der Waals surface area contributed by atoms with E-state index in [1.165, 1.54) is 0 Å². The maximum atomic E-state index is 11.1. The van der Waals surface area contributed by atoms with Crippen molar-refractivity contribution in [2.45, 2.75) is 31.7 Å². The van der Waals surface area contributed by atoms with Crippen molar-refractivity contribution in [3.05, 3.63) is 0 Å². The molecule has 0 aliphatic rings. The summed E-state index contributed by atoms with van der Waals surface area (Å²) in [5.41, 5.74) is 10.1. The van der Waals surface area contributed by atoms with Crippen molar-refractivity contribution < 1.29 is 19.5 Å². The Kier molecular flexibility index (Phi) is 6.86. The maximum absolute atomic E-state index is 11.1. The molecule has 0 fully saturated rings. The molecule has 1 atom stereocenters. The van der Waals surface area contributed by atoms with Crippen molar-refractivity contribution in [3.63, 3.8) is 0 Å². The zero-order valence-electron chi connectivity index (χ0n) is 8.94. The third kappa shape index (κ3) is 7.74. The van der Waals surface area contributed by atoms with Crippen LogP contribution in [0.4, 0.5) is 0 Å². The summed E-state index contributed by atoms with van der Waals surface area (Å²) >= 11 is 0. The molecule has 0 spiro atoms. The largest absolute Gasteiger partial charge is 0.480 e. The van der Waals surface area contributed by atoms with Crippen molar-refractivity contribution >= 4 is 17.8 Å². The first-order chi connectivity index (χ1) is 7.43. The molecule has 0 aliphatic heterocycles. The minimum Gasteiger partial charge on any atom is -0.480 e. The lowest BCUT2D eigenvalue weighted by atomic mass is 10.1. The van der Waals surface area contributed by atoms with Gasteiger partial charge in [-0.3, -0.25) is 14.4 Å². The number of amides is 2. The first-order valence-corrected chi connectivity index (χ1v) is 4.97. The van der Waals surface area contributed by atoms with Crippen molar-refractivity contribution in [2.75, 3.05) is 6.54 Å². The summed E-state index contributed by atoms with van der Waals surface area (Å²) in [6.07, 6.45) is 0.849. The van der Waals surface area contributed by atoms with E-state index in [1.54, 1.807) is 0 Å². The second-order valence-corrected chi connectivity index (χ2v) is 3.40. The molecule has 7 nitrogen and oxygen atoms in total. The molecular weight excluding hydrogens is 214 g/mol. The Morgan fingerprint density at radius 2 is 1.88 bits per heavy atom. The Bertz CT molecular complexity index is 267. The molecule has 0 saturated carbocycles. The molecular formula is C9H17N3O4. The summed E-state index contributed by atoms with van der Waals surface area (Å²) in [4.78, 5) is 31.8. The van der Waals surface area contributed by atoms with Gasteiger partial charge in [-0.25, -0.2) is 0 Å². The molecule has 0 aromatic heterocycles. The van der Waals surface area contributed by atoms with Gasteiger partial charge in [0.05, 0.1) is 0 Å². The monoisotopic (exact) mass is 231 g/mol. The average molecular weight is 231 g/mol. The number of rotatable bonds is 8. The van der Waals surface area contributed by atoms with Gasteiger partial charge in [0.25, 0.3) is 0 Å². The van der Waals surface area contributed by atoms with Crippen LogP contribution in [0.25, 0.3) is 0 Å². The zero-order chi connectivity index (χ0) is 12.6. The zero-order valence-corrected chi connectivity index (χ0v) is 8.94. The van der Waals surface area contributed by atoms with Gasteiger partial charge in [-0.2, -0.15) is 0 Å². The van der Waals surface area contributed by atoms with E-state index in [1.807, 2.05) is 0 Å². The third-order valence-electron chi connectivity index (χ3n) is 1.92. The maximum Gasteiger partial charge on any atom is 0.320 e. The predicted molar refractivity (Wildman–Crippen MR) is 56.3 cm³/mol. The molecule has 6 N–H and O–H groups in total. The third-order valence-corrected chi connectivity index (χ3v) is 1.92. The Labute approximate surface area is 93.2 Å². The van der Waals surface area contributed by atoms with Gasteiger partial charge in [0.1, 0.15) is 6.04 Å². The Balaban J connectivity index is 3.52. The molecule has 0 rings (SSSR count). The van der Waals surface area contributed by atoms with E-state index in [9.17, 15) is 14.4 Å². The number of carboxylic acids is 1. The smallest absolute Gasteiger partial charge is 0.320 e. The fourth-order valence-electron chi connectivity index (χ4n) is 0.989. The lowest BCUT2D eigenvalue weighted by Gasteiger charge is -2.06. The van der Waals surface area contributed by atoms with Crippen LogP contribution in [0, 0.1) is 0 Å². The summed E-state index contributed by atoms with van der Waals surface area (Å²) in [6, 6.07) is -1.02. The van der Waals surface area contributed by atoms with E-state index in [0.717, 1.165) is 0 Å². The molecule has 0 aromatic carbocycles. The number of carbonyl (C=O) groups is 3. The second kappa shape index (κ2) is 7.63. The highest BCUT2D eigenvalue weighted by atomic mass is 16.4. The van der Waals surface area contributed by atoms with Gasteiger partial charge >= 0.3 is 5.97 Å². The van der Waals surface area contributed by atoms with Gasteiger partial charge < -0.3 is 21.9 Å². The number of carbonyl (C=O) groups excluding carboxylic acids is 2. The van der Waals surface area contributed by atoms with Gasteiger partial charge in [-0.05, 0) is 12.8 Å². The lowest BCUT2D eigenvalue weighted by Crippen LogP contribution is -2.33. The van der Waals surface area contributed by atoms with E-state index >= 15 is 0 Å². The van der Waals surface area contributed by atoms with E-state index in [4.69, 9.17) is 16.6 Å². The minimum absolute atomic E-state index is 0.0596. The van der Waals surface area contributed by atoms with Gasteiger partial charge in [-0.15, -0.1) is 0 Å². The normalized spacial score (nSPS) is 11.8. The minimum atomic E-state index is -1.12. The standard InChI is InChI=1S/C9H17N3O4/c10-6(9(15)16)3-4-8(14)12-5-1-2-7(11)13/h6H,1-5,10H2,(H2,11,13)(H,12,14)(H,15,16)/t6-/m0/s1. The predicted octanol–water partition coefficient (Wildman–Crippen LogP) is -1.44. The summed E-state index contributed by atoms with van der Waals surface area (Å²) in [7, 11) is 0. The highest BCUT2D eigenvalue weighted by Crippen LogP contribution is 1.95. The number of primary amides is 1. The molecule has 0 bridgehead atoms. The average Bonchev–Trinajstić information content (AvgIpc) is 2.20. The van der Waals surface area contributed by atoms with Gasteiger partial charge in [0, 0.05) is 19.4 Å². The highest BCUT2D eigenvalue weighted by Gasteiger charge is 2.12. The van der Waals surface area contributed by atoms with E-state index in [0.29, 0.717) is 13.0 Å². The lowest BCUT2D eigenvalue weighted by molar-refractivity contribution is -0.138. The summed E-state index contributed by atoms with van der Waals surface area (Å²) in [5, 5.41) is 11.0. The Morgan fingerprint density at radius 1 is 1.25 bits per heavy atom. The van der Waals surface area contributed by atoms with Crippen LogP contribution < -0.4 is 16.8 Å². The number of aliphatic carboxylic acids is 1. The molecule has 0 saturated heterocycles. The molecule has 92 valence electrons. The summed E-state index contributed by atoms with van der Waals surface area (Å²) in [6.45, 7) is 0.351. The van der Waals surface area contributed by atoms with Gasteiger partial charge in [0.15, 0.2) is 0 Å². The number of nitrogens with two attached hydrogens (primary N) is 2. The number of carboxylic acid groups (broad SMARTS) is 1. The molecule has 0 aromatic rings. The molecule has 0 radical (unpaired) electrons. The fraction of sp³-hybridized carbons (Fsp3) is 0.667. The second-order valence-electron chi connectivity index (χ2n) is 3.40. The summed E-state index contributed by atoms with van der Waals surface area (Å²) < 4.78 is 0. The molecule has 0 aliphatic carbocycles. The highest BCUT2D eigenvalue weighted by molar-refractivity contribution is 5.78. The van der Waals surface area contributed by atoms with Crippen LogP contribution in [0.3, 0.4) is 0 Å². The summed E-state index contributed by atoms with van der Waals surface area (Å²) in [5.74, 6) is -1.81. The molecule has 0 unspecified atom stereocenters. The van der Waals surface area contributed by atoms with Crippen molar-refractivity contribution in [1.82, 2.24) is 5.32 Å². The van der Waals surface area contributed by atoms with Crippen LogP contribution in [-0.4, -0.2) is 35.5 Å². The number of hydrogen-bond donors (Lipinski definition) is 4. The fourth-order valence-corrected chi connectivity index (χ4v) is 0.989.